The van der Waals surface area contributed by atoms with Gasteiger partial charge in [-0.15, -0.1) is 11.3 Å². The molecule has 2 aromatic heterocycles. The summed E-state index contributed by atoms with van der Waals surface area (Å²) in [6.45, 7) is 2.68. The number of nitrogens with zero attached hydrogens (tertiary/aromatic N) is 2. The number of benzene rings is 1. The second kappa shape index (κ2) is 8.09. The summed E-state index contributed by atoms with van der Waals surface area (Å²) >= 11 is 2.89. The number of aromatic nitrogens is 2. The van der Waals surface area contributed by atoms with E-state index >= 15 is 0 Å². The van der Waals surface area contributed by atoms with Crippen LogP contribution in [0, 0.1) is 5.92 Å². The van der Waals surface area contributed by atoms with E-state index in [1.807, 2.05) is 30.3 Å². The van der Waals surface area contributed by atoms with Crippen LogP contribution in [0.1, 0.15) is 29.3 Å². The minimum atomic E-state index is -0.329. The summed E-state index contributed by atoms with van der Waals surface area (Å²) in [6, 6.07) is 9.87. The van der Waals surface area contributed by atoms with Crippen LogP contribution < -0.4 is 5.56 Å². The number of carbonyl (C=O) groups is 1. The number of thioether (sulfide) groups is 1. The van der Waals surface area contributed by atoms with Crippen LogP contribution in [0.4, 0.5) is 0 Å². The Morgan fingerprint density at radius 3 is 2.89 bits per heavy atom. The molecule has 5 nitrogen and oxygen atoms in total. The molecule has 1 aromatic carbocycles. The van der Waals surface area contributed by atoms with Gasteiger partial charge < -0.3 is 4.74 Å². The van der Waals surface area contributed by atoms with Crippen molar-refractivity contribution in [3.8, 4) is 0 Å². The van der Waals surface area contributed by atoms with Gasteiger partial charge in [0.2, 0.25) is 0 Å². The van der Waals surface area contributed by atoms with Gasteiger partial charge in [0.1, 0.15) is 4.83 Å². The molecule has 0 fully saturated rings. The summed E-state index contributed by atoms with van der Waals surface area (Å²) in [5.74, 6) is 0.385. The van der Waals surface area contributed by atoms with Crippen molar-refractivity contribution in [1.29, 1.82) is 0 Å². The third kappa shape index (κ3) is 3.73. The Morgan fingerprint density at radius 1 is 1.36 bits per heavy atom. The Bertz CT molecular complexity index is 1070. The van der Waals surface area contributed by atoms with Gasteiger partial charge in [-0.05, 0) is 36.3 Å². The number of hydrogen-bond donors (Lipinski definition) is 0. The van der Waals surface area contributed by atoms with Gasteiger partial charge in [-0.1, -0.05) is 49.0 Å². The summed E-state index contributed by atoms with van der Waals surface area (Å²) in [5, 5.41) is 1.34. The highest BCUT2D eigenvalue weighted by atomic mass is 32.2. The lowest BCUT2D eigenvalue weighted by atomic mass is 9.89. The lowest BCUT2D eigenvalue weighted by Gasteiger charge is -2.18. The van der Waals surface area contributed by atoms with Crippen molar-refractivity contribution in [2.24, 2.45) is 5.92 Å². The fourth-order valence-electron chi connectivity index (χ4n) is 3.61. The molecule has 1 atom stereocenters. The van der Waals surface area contributed by atoms with Gasteiger partial charge in [0.15, 0.2) is 5.16 Å². The van der Waals surface area contributed by atoms with Crippen LogP contribution in [0.2, 0.25) is 0 Å². The van der Waals surface area contributed by atoms with Crippen LogP contribution in [0.5, 0.6) is 0 Å². The number of methoxy groups -OCH3 is 1. The van der Waals surface area contributed by atoms with Crippen LogP contribution in [0.25, 0.3) is 10.2 Å². The smallest absolute Gasteiger partial charge is 0.316 e. The second-order valence-electron chi connectivity index (χ2n) is 7.17. The first kappa shape index (κ1) is 19.2. The van der Waals surface area contributed by atoms with E-state index in [1.165, 1.54) is 29.3 Å². The van der Waals surface area contributed by atoms with Crippen molar-refractivity contribution in [3.63, 3.8) is 0 Å². The van der Waals surface area contributed by atoms with Crippen LogP contribution in [0.15, 0.2) is 40.3 Å². The standard InChI is InChI=1S/C21H22N2O3S2/c1-13-8-9-16-15(10-13)18-19(28-16)22-21(27-12-17(24)26-2)23(20(18)25)11-14-6-4-3-5-7-14/h3-7,13H,8-12H2,1-2H3. The number of rotatable bonds is 5. The van der Waals surface area contributed by atoms with Crippen LogP contribution in [-0.4, -0.2) is 28.4 Å². The molecule has 146 valence electrons. The van der Waals surface area contributed by atoms with Crippen molar-refractivity contribution >= 4 is 39.3 Å². The molecule has 3 aromatic rings. The first-order chi connectivity index (χ1) is 13.6. The molecule has 0 saturated heterocycles. The SMILES string of the molecule is COC(=O)CSc1nc2sc3c(c2c(=O)n1Cc1ccccc1)CC(C)CC3. The Kier molecular flexibility index (Phi) is 5.55. The van der Waals surface area contributed by atoms with Crippen molar-refractivity contribution in [2.75, 3.05) is 12.9 Å². The molecule has 0 aliphatic heterocycles. The molecule has 0 spiro atoms. The van der Waals surface area contributed by atoms with Crippen molar-refractivity contribution in [2.45, 2.75) is 37.9 Å². The molecule has 4 rings (SSSR count). The highest BCUT2D eigenvalue weighted by molar-refractivity contribution is 7.99. The molecule has 7 heteroatoms. The first-order valence-electron chi connectivity index (χ1n) is 9.35. The van der Waals surface area contributed by atoms with E-state index in [1.54, 1.807) is 15.9 Å². The van der Waals surface area contributed by atoms with Gasteiger partial charge in [-0.3, -0.25) is 14.2 Å². The van der Waals surface area contributed by atoms with Gasteiger partial charge in [0.05, 0.1) is 24.8 Å². The van der Waals surface area contributed by atoms with E-state index in [0.29, 0.717) is 17.6 Å². The third-order valence-electron chi connectivity index (χ3n) is 5.11. The van der Waals surface area contributed by atoms with Gasteiger partial charge >= 0.3 is 5.97 Å². The number of fused-ring (bicyclic) bond motifs is 3. The number of ether oxygens (including phenoxy) is 1. The fraction of sp³-hybridized carbons (Fsp3) is 0.381. The van der Waals surface area contributed by atoms with Crippen molar-refractivity contribution < 1.29 is 9.53 Å². The molecular formula is C21H22N2O3S2. The summed E-state index contributed by atoms with van der Waals surface area (Å²) in [6.07, 6.45) is 3.11. The first-order valence-corrected chi connectivity index (χ1v) is 11.2. The van der Waals surface area contributed by atoms with Crippen molar-refractivity contribution in [1.82, 2.24) is 9.55 Å². The lowest BCUT2D eigenvalue weighted by Crippen LogP contribution is -2.25. The Balaban J connectivity index is 1.84. The summed E-state index contributed by atoms with van der Waals surface area (Å²) in [4.78, 5) is 32.0. The molecule has 1 aliphatic rings. The van der Waals surface area contributed by atoms with E-state index in [9.17, 15) is 9.59 Å². The quantitative estimate of drug-likeness (QED) is 0.360. The predicted molar refractivity (Wildman–Crippen MR) is 113 cm³/mol. The molecule has 2 heterocycles. The molecule has 0 bridgehead atoms. The highest BCUT2D eigenvalue weighted by Crippen LogP contribution is 2.36. The second-order valence-corrected chi connectivity index (χ2v) is 9.19. The van der Waals surface area contributed by atoms with Gasteiger partial charge in [0.25, 0.3) is 5.56 Å². The highest BCUT2D eigenvalue weighted by Gasteiger charge is 2.25. The zero-order valence-electron chi connectivity index (χ0n) is 15.9. The lowest BCUT2D eigenvalue weighted by molar-refractivity contribution is -0.137. The summed E-state index contributed by atoms with van der Waals surface area (Å²) in [5.41, 5.74) is 2.21. The van der Waals surface area contributed by atoms with Gasteiger partial charge in [0, 0.05) is 4.88 Å². The minimum absolute atomic E-state index is 0.00665. The normalized spacial score (nSPS) is 16.1. The molecule has 0 radical (unpaired) electrons. The Hall–Kier alpha value is -2.12. The van der Waals surface area contributed by atoms with Gasteiger partial charge in [-0.25, -0.2) is 4.98 Å². The number of carbonyl (C=O) groups excluding carboxylic acids is 1. The molecular weight excluding hydrogens is 392 g/mol. The molecule has 1 aliphatic carbocycles. The molecule has 0 saturated carbocycles. The van der Waals surface area contributed by atoms with E-state index in [0.717, 1.165) is 35.0 Å². The fourth-order valence-corrected chi connectivity index (χ4v) is 5.70. The largest absolute Gasteiger partial charge is 0.468 e. The molecule has 0 amide bonds. The van der Waals surface area contributed by atoms with E-state index in [4.69, 9.17) is 9.72 Å². The molecule has 28 heavy (non-hydrogen) atoms. The van der Waals surface area contributed by atoms with Crippen molar-refractivity contribution in [3.05, 3.63) is 56.7 Å². The average Bonchev–Trinajstić information content (AvgIpc) is 3.06. The Morgan fingerprint density at radius 2 is 2.14 bits per heavy atom. The number of hydrogen-bond acceptors (Lipinski definition) is 6. The predicted octanol–water partition coefficient (Wildman–Crippen LogP) is 3.90. The van der Waals surface area contributed by atoms with E-state index in [-0.39, 0.29) is 17.3 Å². The van der Waals surface area contributed by atoms with Gasteiger partial charge in [-0.2, -0.15) is 0 Å². The summed E-state index contributed by atoms with van der Waals surface area (Å²) in [7, 11) is 1.37. The number of thiophene rings is 1. The number of aryl methyl sites for hydroxylation is 1. The maximum Gasteiger partial charge on any atom is 0.316 e. The van der Waals surface area contributed by atoms with E-state index in [2.05, 4.69) is 6.92 Å². The summed E-state index contributed by atoms with van der Waals surface area (Å²) < 4.78 is 6.46. The third-order valence-corrected chi connectivity index (χ3v) is 7.24. The van der Waals surface area contributed by atoms with Crippen LogP contribution in [0.3, 0.4) is 0 Å². The van der Waals surface area contributed by atoms with E-state index < -0.39 is 0 Å². The number of esters is 1. The average molecular weight is 415 g/mol. The van der Waals surface area contributed by atoms with Crippen LogP contribution >= 0.6 is 23.1 Å². The molecule has 1 unspecified atom stereocenters. The maximum absolute atomic E-state index is 13.5. The zero-order chi connectivity index (χ0) is 19.7. The topological polar surface area (TPSA) is 61.2 Å². The maximum atomic E-state index is 13.5. The minimum Gasteiger partial charge on any atom is -0.468 e. The monoisotopic (exact) mass is 414 g/mol. The zero-order valence-corrected chi connectivity index (χ0v) is 17.6. The Labute approximate surface area is 171 Å². The van der Waals surface area contributed by atoms with Crippen LogP contribution in [-0.2, 0) is 28.9 Å². The molecule has 0 N–H and O–H groups in total.